The Bertz CT molecular complexity index is 428. The Morgan fingerprint density at radius 2 is 2.12 bits per heavy atom. The number of hydroxylamine groups is 1. The topological polar surface area (TPSA) is 89.8 Å². The van der Waals surface area contributed by atoms with Gasteiger partial charge in [-0.3, -0.25) is 4.84 Å². The van der Waals surface area contributed by atoms with Crippen LogP contribution in [0.3, 0.4) is 0 Å². The minimum atomic E-state index is -3.52. The van der Waals surface area contributed by atoms with Gasteiger partial charge in [0.25, 0.3) is 10.0 Å². The van der Waals surface area contributed by atoms with Crippen LogP contribution >= 0.6 is 0 Å². The van der Waals surface area contributed by atoms with E-state index in [9.17, 15) is 8.42 Å². The minimum Gasteiger partial charge on any atom is -0.447 e. The molecule has 0 unspecified atom stereocenters. The van der Waals surface area contributed by atoms with Crippen LogP contribution in [0.1, 0.15) is 5.76 Å². The molecule has 2 N–H and O–H groups in total. The molecule has 0 aliphatic rings. The van der Waals surface area contributed by atoms with E-state index in [1.165, 1.54) is 13.1 Å². The molecule has 1 heterocycles. The first-order valence-corrected chi connectivity index (χ1v) is 6.44. The van der Waals surface area contributed by atoms with Gasteiger partial charge in [0.15, 0.2) is 0 Å². The van der Waals surface area contributed by atoms with Gasteiger partial charge in [0.05, 0.1) is 19.8 Å². The molecule has 0 aliphatic carbocycles. The molecule has 0 spiro atoms. The van der Waals surface area contributed by atoms with Crippen molar-refractivity contribution in [3.05, 3.63) is 17.9 Å². The van der Waals surface area contributed by atoms with Gasteiger partial charge < -0.3 is 9.15 Å². The molecule has 0 bridgehead atoms. The predicted octanol–water partition coefficient (Wildman–Crippen LogP) is -0.145. The second-order valence-corrected chi connectivity index (χ2v) is 4.91. The lowest BCUT2D eigenvalue weighted by Crippen LogP contribution is -2.18. The summed E-state index contributed by atoms with van der Waals surface area (Å²) in [6.45, 7) is 1.16. The highest BCUT2D eigenvalue weighted by Crippen LogP contribution is 2.12. The second-order valence-electron chi connectivity index (χ2n) is 3.09. The number of ether oxygens (including phenoxy) is 1. The first-order chi connectivity index (χ1) is 8.10. The van der Waals surface area contributed by atoms with Crippen molar-refractivity contribution in [2.45, 2.75) is 11.6 Å². The number of hydrogen-bond acceptors (Lipinski definition) is 6. The summed E-state index contributed by atoms with van der Waals surface area (Å²) in [5.74, 6) is 0.469. The lowest BCUT2D eigenvalue weighted by molar-refractivity contribution is 0.000648. The van der Waals surface area contributed by atoms with Crippen LogP contribution in [0.2, 0.25) is 0 Å². The second kappa shape index (κ2) is 6.72. The summed E-state index contributed by atoms with van der Waals surface area (Å²) in [6, 6.07) is 2.95. The first-order valence-electron chi connectivity index (χ1n) is 4.96. The third-order valence-corrected chi connectivity index (χ3v) is 3.20. The largest absolute Gasteiger partial charge is 0.447 e. The Hall–Kier alpha value is -0.930. The van der Waals surface area contributed by atoms with Gasteiger partial charge in [-0.2, -0.15) is 5.48 Å². The van der Waals surface area contributed by atoms with Crippen molar-refractivity contribution < 1.29 is 22.4 Å². The molecule has 0 amide bonds. The van der Waals surface area contributed by atoms with Crippen molar-refractivity contribution in [2.75, 3.05) is 27.4 Å². The van der Waals surface area contributed by atoms with Crippen molar-refractivity contribution in [3.63, 3.8) is 0 Å². The maximum Gasteiger partial charge on any atom is 0.273 e. The maximum atomic E-state index is 11.4. The molecule has 0 saturated heterocycles. The average molecular weight is 264 g/mol. The quantitative estimate of drug-likeness (QED) is 0.501. The number of nitrogens with one attached hydrogen (secondary N) is 2. The van der Waals surface area contributed by atoms with E-state index in [1.807, 2.05) is 0 Å². The molecule has 7 nitrogen and oxygen atoms in total. The van der Waals surface area contributed by atoms with Gasteiger partial charge in [-0.1, -0.05) is 0 Å². The van der Waals surface area contributed by atoms with Crippen LogP contribution in [-0.4, -0.2) is 35.8 Å². The van der Waals surface area contributed by atoms with Gasteiger partial charge in [-0.05, 0) is 19.2 Å². The lowest BCUT2D eigenvalue weighted by atomic mass is 10.5. The molecule has 0 radical (unpaired) electrons. The summed E-state index contributed by atoms with van der Waals surface area (Å²) in [5, 5.41) is -0.117. The first kappa shape index (κ1) is 14.1. The number of rotatable bonds is 8. The van der Waals surface area contributed by atoms with Crippen molar-refractivity contribution in [2.24, 2.45) is 0 Å². The van der Waals surface area contributed by atoms with E-state index in [0.717, 1.165) is 0 Å². The zero-order chi connectivity index (χ0) is 12.7. The molecule has 98 valence electrons. The van der Waals surface area contributed by atoms with Crippen LogP contribution < -0.4 is 10.2 Å². The third kappa shape index (κ3) is 4.44. The highest BCUT2D eigenvalue weighted by molar-refractivity contribution is 7.89. The zero-order valence-electron chi connectivity index (χ0n) is 9.73. The van der Waals surface area contributed by atoms with Crippen molar-refractivity contribution in [1.82, 2.24) is 10.2 Å². The molecule has 1 rings (SSSR count). The summed E-state index contributed by atoms with van der Waals surface area (Å²) in [4.78, 5) is 5.00. The Labute approximate surface area is 100 Å². The summed E-state index contributed by atoms with van der Waals surface area (Å²) < 4.78 is 34.8. The standard InChI is InChI=1S/C9H16N2O5S/c1-10-17(12,13)9-4-3-8(16-9)7-11-15-6-5-14-2/h3-4,10-11H,5-7H2,1-2H3. The summed E-state index contributed by atoms with van der Waals surface area (Å²) in [6.07, 6.45) is 0. The van der Waals surface area contributed by atoms with Gasteiger partial charge in [-0.25, -0.2) is 13.1 Å². The van der Waals surface area contributed by atoms with E-state index in [4.69, 9.17) is 14.0 Å². The van der Waals surface area contributed by atoms with Crippen molar-refractivity contribution >= 4 is 10.0 Å². The molecule has 0 aromatic carbocycles. The normalized spacial score (nSPS) is 11.9. The maximum absolute atomic E-state index is 11.4. The van der Waals surface area contributed by atoms with Gasteiger partial charge in [0.1, 0.15) is 5.76 Å². The molecular weight excluding hydrogens is 248 g/mol. The monoisotopic (exact) mass is 264 g/mol. The van der Waals surface area contributed by atoms with Crippen LogP contribution in [-0.2, 0) is 26.1 Å². The molecule has 0 atom stereocenters. The predicted molar refractivity (Wildman–Crippen MR) is 59.6 cm³/mol. The number of methoxy groups -OCH3 is 1. The SMILES string of the molecule is CNS(=O)(=O)c1ccc(CNOCCOC)o1. The van der Waals surface area contributed by atoms with Gasteiger partial charge in [0, 0.05) is 7.11 Å². The third-order valence-electron chi connectivity index (χ3n) is 1.91. The Morgan fingerprint density at radius 1 is 1.35 bits per heavy atom. The fourth-order valence-corrected chi connectivity index (χ4v) is 1.68. The molecule has 1 aromatic heterocycles. The Morgan fingerprint density at radius 3 is 2.76 bits per heavy atom. The highest BCUT2D eigenvalue weighted by atomic mass is 32.2. The fourth-order valence-electron chi connectivity index (χ4n) is 1.02. The molecular formula is C9H16N2O5S. The highest BCUT2D eigenvalue weighted by Gasteiger charge is 2.15. The van der Waals surface area contributed by atoms with E-state index in [1.54, 1.807) is 13.2 Å². The average Bonchev–Trinajstić information content (AvgIpc) is 2.78. The van der Waals surface area contributed by atoms with Gasteiger partial charge in [0.2, 0.25) is 5.09 Å². The van der Waals surface area contributed by atoms with Crippen LogP contribution in [0.5, 0.6) is 0 Å². The van der Waals surface area contributed by atoms with Crippen molar-refractivity contribution in [1.29, 1.82) is 0 Å². The number of sulfonamides is 1. The van der Waals surface area contributed by atoms with Crippen LogP contribution in [0.4, 0.5) is 0 Å². The van der Waals surface area contributed by atoms with Gasteiger partial charge in [-0.15, -0.1) is 0 Å². The van der Waals surface area contributed by atoms with E-state index in [-0.39, 0.29) is 11.6 Å². The van der Waals surface area contributed by atoms with E-state index in [2.05, 4.69) is 10.2 Å². The van der Waals surface area contributed by atoms with E-state index >= 15 is 0 Å². The van der Waals surface area contributed by atoms with Crippen LogP contribution in [0, 0.1) is 0 Å². The number of furan rings is 1. The zero-order valence-corrected chi connectivity index (χ0v) is 10.5. The van der Waals surface area contributed by atoms with Crippen molar-refractivity contribution in [3.8, 4) is 0 Å². The van der Waals surface area contributed by atoms with Crippen LogP contribution in [0.15, 0.2) is 21.6 Å². The Balaban J connectivity index is 2.41. The molecule has 8 heteroatoms. The molecule has 1 aromatic rings. The summed E-state index contributed by atoms with van der Waals surface area (Å²) in [5.41, 5.74) is 2.63. The van der Waals surface area contributed by atoms with Crippen LogP contribution in [0.25, 0.3) is 0 Å². The lowest BCUT2D eigenvalue weighted by Gasteiger charge is -2.03. The molecule has 0 aliphatic heterocycles. The molecule has 0 fully saturated rings. The van der Waals surface area contributed by atoms with E-state index < -0.39 is 10.0 Å². The smallest absolute Gasteiger partial charge is 0.273 e. The Kier molecular flexibility index (Phi) is 5.59. The summed E-state index contributed by atoms with van der Waals surface area (Å²) in [7, 11) is -0.625. The van der Waals surface area contributed by atoms with E-state index in [0.29, 0.717) is 19.0 Å². The molecule has 17 heavy (non-hydrogen) atoms. The number of hydrogen-bond donors (Lipinski definition) is 2. The molecule has 0 saturated carbocycles. The fraction of sp³-hybridized carbons (Fsp3) is 0.556. The van der Waals surface area contributed by atoms with Gasteiger partial charge >= 0.3 is 0 Å². The summed E-state index contributed by atoms with van der Waals surface area (Å²) >= 11 is 0. The minimum absolute atomic E-state index is 0.117.